The zero-order valence-electron chi connectivity index (χ0n) is 9.42. The minimum atomic E-state index is -0.355. The van der Waals surface area contributed by atoms with Gasteiger partial charge in [-0.3, -0.25) is 0 Å². The molecule has 3 nitrogen and oxygen atoms in total. The van der Waals surface area contributed by atoms with Gasteiger partial charge in [-0.05, 0) is 40.2 Å². The highest BCUT2D eigenvalue weighted by Gasteiger charge is 2.10. The summed E-state index contributed by atoms with van der Waals surface area (Å²) in [5.41, 5.74) is 1.96. The maximum absolute atomic E-state index is 13.4. The second-order valence-electron chi connectivity index (χ2n) is 4.04. The van der Waals surface area contributed by atoms with E-state index in [1.165, 1.54) is 12.1 Å². The number of halogens is 3. The van der Waals surface area contributed by atoms with Gasteiger partial charge in [0.15, 0.2) is 0 Å². The molecule has 1 aromatic heterocycles. The zero-order valence-corrected chi connectivity index (χ0v) is 11.8. The number of hydrogen-bond donors (Lipinski definition) is 2. The fourth-order valence-corrected chi connectivity index (χ4v) is 2.31. The van der Waals surface area contributed by atoms with Crippen molar-refractivity contribution in [2.24, 2.45) is 0 Å². The van der Waals surface area contributed by atoms with Crippen molar-refractivity contribution in [3.8, 4) is 17.1 Å². The van der Waals surface area contributed by atoms with Crippen molar-refractivity contribution in [1.29, 1.82) is 0 Å². The Morgan fingerprint density at radius 3 is 2.79 bits per heavy atom. The number of aromatic amines is 1. The van der Waals surface area contributed by atoms with Crippen molar-refractivity contribution in [2.45, 2.75) is 0 Å². The normalized spacial score (nSPS) is 11.1. The summed E-state index contributed by atoms with van der Waals surface area (Å²) in [6, 6.07) is 7.75. The van der Waals surface area contributed by atoms with E-state index in [0.717, 1.165) is 5.56 Å². The van der Waals surface area contributed by atoms with Crippen molar-refractivity contribution in [3.05, 3.63) is 45.6 Å². The van der Waals surface area contributed by atoms with Crippen molar-refractivity contribution in [1.82, 2.24) is 9.97 Å². The molecule has 2 N–H and O–H groups in total. The fraction of sp³-hybridized carbons (Fsp3) is 0. The van der Waals surface area contributed by atoms with E-state index in [1.807, 2.05) is 0 Å². The lowest BCUT2D eigenvalue weighted by molar-refractivity contribution is 0.475. The summed E-state index contributed by atoms with van der Waals surface area (Å²) in [5.74, 6) is 0.219. The van der Waals surface area contributed by atoms with E-state index in [-0.39, 0.29) is 16.6 Å². The highest BCUT2D eigenvalue weighted by molar-refractivity contribution is 9.10. The molecule has 6 heteroatoms. The van der Waals surface area contributed by atoms with Crippen LogP contribution in [0.25, 0.3) is 22.4 Å². The number of benzene rings is 2. The smallest absolute Gasteiger partial charge is 0.139 e. The van der Waals surface area contributed by atoms with Crippen LogP contribution in [0.4, 0.5) is 4.39 Å². The van der Waals surface area contributed by atoms with Crippen LogP contribution in [-0.4, -0.2) is 15.1 Å². The quantitative estimate of drug-likeness (QED) is 0.685. The van der Waals surface area contributed by atoms with Crippen molar-refractivity contribution >= 4 is 38.6 Å². The number of H-pyrrole nitrogens is 1. The van der Waals surface area contributed by atoms with Gasteiger partial charge in [-0.1, -0.05) is 11.6 Å². The third-order valence-electron chi connectivity index (χ3n) is 2.75. The topological polar surface area (TPSA) is 48.9 Å². The summed E-state index contributed by atoms with van der Waals surface area (Å²) in [5, 5.41) is 9.63. The first-order valence-electron chi connectivity index (χ1n) is 5.38. The first-order valence-corrected chi connectivity index (χ1v) is 6.55. The summed E-state index contributed by atoms with van der Waals surface area (Å²) in [7, 11) is 0. The van der Waals surface area contributed by atoms with Crippen LogP contribution in [0.5, 0.6) is 5.75 Å². The summed E-state index contributed by atoms with van der Waals surface area (Å²) in [6.07, 6.45) is 0. The number of aromatic hydroxyl groups is 1. The maximum Gasteiger partial charge on any atom is 0.139 e. The van der Waals surface area contributed by atoms with E-state index in [4.69, 9.17) is 11.6 Å². The molecule has 0 atom stereocenters. The van der Waals surface area contributed by atoms with Crippen LogP contribution in [0.15, 0.2) is 34.8 Å². The molecular weight excluding hydrogens is 335 g/mol. The van der Waals surface area contributed by atoms with E-state index in [2.05, 4.69) is 25.9 Å². The molecule has 0 fully saturated rings. The average Bonchev–Trinajstić information content (AvgIpc) is 2.76. The first-order chi connectivity index (χ1) is 9.04. The number of phenolic OH excluding ortho intramolecular Hbond substituents is 1. The number of hydrogen-bond acceptors (Lipinski definition) is 2. The Bertz CT molecular complexity index is 749. The predicted octanol–water partition coefficient (Wildman–Crippen LogP) is 4.49. The largest absolute Gasteiger partial charge is 0.506 e. The summed E-state index contributed by atoms with van der Waals surface area (Å²) >= 11 is 8.97. The Balaban J connectivity index is 2.17. The van der Waals surface area contributed by atoms with Crippen LogP contribution in [-0.2, 0) is 0 Å². The molecule has 3 aromatic rings. The molecule has 0 aliphatic carbocycles. The Morgan fingerprint density at radius 1 is 1.26 bits per heavy atom. The maximum atomic E-state index is 13.4. The second-order valence-corrected chi connectivity index (χ2v) is 5.30. The van der Waals surface area contributed by atoms with Crippen LogP contribution in [0.2, 0.25) is 5.02 Å². The van der Waals surface area contributed by atoms with E-state index >= 15 is 0 Å². The Morgan fingerprint density at radius 2 is 2.05 bits per heavy atom. The molecule has 0 unspecified atom stereocenters. The van der Waals surface area contributed by atoms with Crippen molar-refractivity contribution in [3.63, 3.8) is 0 Å². The molecular formula is C13H7BrClFN2O. The van der Waals surface area contributed by atoms with Gasteiger partial charge in [0, 0.05) is 11.6 Å². The number of phenols is 1. The fourth-order valence-electron chi connectivity index (χ4n) is 1.80. The van der Waals surface area contributed by atoms with Crippen molar-refractivity contribution < 1.29 is 9.50 Å². The lowest BCUT2D eigenvalue weighted by Crippen LogP contribution is -1.80. The van der Waals surface area contributed by atoms with Gasteiger partial charge in [-0.2, -0.15) is 0 Å². The molecule has 3 rings (SSSR count). The summed E-state index contributed by atoms with van der Waals surface area (Å²) in [6.45, 7) is 0. The highest BCUT2D eigenvalue weighted by atomic mass is 79.9. The third kappa shape index (κ3) is 2.19. The van der Waals surface area contributed by atoms with E-state index in [1.54, 1.807) is 18.2 Å². The number of nitrogens with zero attached hydrogens (tertiary/aromatic N) is 1. The molecule has 19 heavy (non-hydrogen) atoms. The Hall–Kier alpha value is -1.59. The average molecular weight is 342 g/mol. The highest BCUT2D eigenvalue weighted by Crippen LogP contribution is 2.30. The summed E-state index contributed by atoms with van der Waals surface area (Å²) in [4.78, 5) is 7.38. The lowest BCUT2D eigenvalue weighted by Gasteiger charge is -1.99. The minimum Gasteiger partial charge on any atom is -0.506 e. The first kappa shape index (κ1) is 12.4. The molecule has 0 radical (unpaired) electrons. The van der Waals surface area contributed by atoms with Gasteiger partial charge in [-0.15, -0.1) is 0 Å². The van der Waals surface area contributed by atoms with Gasteiger partial charge in [0.2, 0.25) is 0 Å². The van der Waals surface area contributed by atoms with Gasteiger partial charge in [0.25, 0.3) is 0 Å². The number of aromatic nitrogens is 2. The third-order valence-corrected chi connectivity index (χ3v) is 3.66. The van der Waals surface area contributed by atoms with Gasteiger partial charge in [-0.25, -0.2) is 9.37 Å². The van der Waals surface area contributed by atoms with E-state index in [0.29, 0.717) is 21.3 Å². The molecule has 0 amide bonds. The molecule has 1 heterocycles. The molecule has 0 aliphatic heterocycles. The molecule has 0 spiro atoms. The van der Waals surface area contributed by atoms with Crippen molar-refractivity contribution in [2.75, 3.05) is 0 Å². The van der Waals surface area contributed by atoms with Crippen LogP contribution in [0.1, 0.15) is 0 Å². The minimum absolute atomic E-state index is 0.00955. The molecule has 0 aliphatic rings. The van der Waals surface area contributed by atoms with Crippen LogP contribution >= 0.6 is 27.5 Å². The van der Waals surface area contributed by atoms with Gasteiger partial charge >= 0.3 is 0 Å². The van der Waals surface area contributed by atoms with Gasteiger partial charge < -0.3 is 10.1 Å². The summed E-state index contributed by atoms with van der Waals surface area (Å²) < 4.78 is 13.8. The van der Waals surface area contributed by atoms with Crippen LogP contribution in [0, 0.1) is 5.82 Å². The second kappa shape index (κ2) is 4.51. The standard InChI is InChI=1S/C13H7BrClFN2O/c14-7-4-10-11(5-9(7)16)18-13(17-10)6-1-2-12(19)8(15)3-6/h1-5,19H,(H,17,18). The van der Waals surface area contributed by atoms with E-state index < -0.39 is 0 Å². The number of imidazole rings is 1. The number of nitrogens with one attached hydrogen (secondary N) is 1. The van der Waals surface area contributed by atoms with Crippen LogP contribution < -0.4 is 0 Å². The molecule has 0 saturated heterocycles. The molecule has 0 saturated carbocycles. The Labute approximate surface area is 121 Å². The lowest BCUT2D eigenvalue weighted by atomic mass is 10.2. The SMILES string of the molecule is Oc1ccc(-c2nc3cc(Br)c(F)cc3[nH]2)cc1Cl. The predicted molar refractivity (Wildman–Crippen MR) is 75.9 cm³/mol. The zero-order chi connectivity index (χ0) is 13.6. The van der Waals surface area contributed by atoms with E-state index in [9.17, 15) is 9.50 Å². The molecule has 96 valence electrons. The number of rotatable bonds is 1. The Kier molecular flexibility index (Phi) is 2.95. The molecule has 0 bridgehead atoms. The molecule has 2 aromatic carbocycles. The van der Waals surface area contributed by atoms with Crippen LogP contribution in [0.3, 0.4) is 0 Å². The van der Waals surface area contributed by atoms with Gasteiger partial charge in [0.05, 0.1) is 20.5 Å². The monoisotopic (exact) mass is 340 g/mol. The van der Waals surface area contributed by atoms with Gasteiger partial charge in [0.1, 0.15) is 17.4 Å². The number of fused-ring (bicyclic) bond motifs is 1.